The number of alkyl halides is 1. The van der Waals surface area contributed by atoms with Crippen molar-refractivity contribution in [2.24, 2.45) is 0 Å². The van der Waals surface area contributed by atoms with Crippen molar-refractivity contribution in [1.29, 1.82) is 0 Å². The minimum atomic E-state index is -3.23. The summed E-state index contributed by atoms with van der Waals surface area (Å²) >= 11 is 3.46. The molecule has 3 aromatic carbocycles. The van der Waals surface area contributed by atoms with E-state index in [0.717, 1.165) is 45.6 Å². The van der Waals surface area contributed by atoms with E-state index in [1.54, 1.807) is 97.8 Å². The first-order valence-electron chi connectivity index (χ1n) is 29.4. The van der Waals surface area contributed by atoms with Gasteiger partial charge in [0.15, 0.2) is 0 Å². The number of hydrogen-bond donors (Lipinski definition) is 5. The van der Waals surface area contributed by atoms with Gasteiger partial charge in [0, 0.05) is 70.7 Å². The second kappa shape index (κ2) is 41.2. The van der Waals surface area contributed by atoms with Crippen molar-refractivity contribution < 1.29 is 87.6 Å². The Morgan fingerprint density at radius 2 is 0.879 bits per heavy atom. The first-order chi connectivity index (χ1) is 45.3. The molecule has 3 amide bonds. The number of anilines is 6. The molecule has 12 rings (SSSR count). The Morgan fingerprint density at radius 1 is 0.566 bits per heavy atom. The van der Waals surface area contributed by atoms with Gasteiger partial charge in [-0.05, 0) is 79.3 Å². The fraction of sp³-hybridized carbons (Fsp3) is 0.317. The molecule has 0 aliphatic carbocycles. The number of carbonyl (C=O) groups excluding carboxylic acids is 3. The second-order valence-corrected chi connectivity index (χ2v) is 24.0. The minimum absolute atomic E-state index is 0. The molecule has 0 unspecified atom stereocenters. The van der Waals surface area contributed by atoms with E-state index in [-0.39, 0.29) is 134 Å². The number of halogens is 2. The first-order valence-corrected chi connectivity index (χ1v) is 33.3. The van der Waals surface area contributed by atoms with Crippen LogP contribution in [0.4, 0.5) is 34.9 Å². The molecule has 0 radical (unpaired) electrons. The zero-order valence-corrected chi connectivity index (χ0v) is 62.0. The molecule has 99 heavy (non-hydrogen) atoms. The van der Waals surface area contributed by atoms with Gasteiger partial charge in [-0.15, -0.1) is 26.0 Å². The van der Waals surface area contributed by atoms with Crippen molar-refractivity contribution in [2.75, 3.05) is 58.3 Å². The van der Waals surface area contributed by atoms with Crippen LogP contribution in [0.3, 0.4) is 0 Å². The van der Waals surface area contributed by atoms with Crippen LogP contribution in [-0.4, -0.2) is 120 Å². The van der Waals surface area contributed by atoms with Gasteiger partial charge < -0.3 is 47.8 Å². The zero-order chi connectivity index (χ0) is 67.5. The molecule has 0 saturated heterocycles. The summed E-state index contributed by atoms with van der Waals surface area (Å²) in [5, 5.41) is 29.8. The van der Waals surface area contributed by atoms with Crippen LogP contribution in [0.2, 0.25) is 0 Å². The van der Waals surface area contributed by atoms with Crippen molar-refractivity contribution in [3.63, 3.8) is 0 Å². The maximum absolute atomic E-state index is 12.9. The number of fused-ring (bicyclic) bond motifs is 3. The molecule has 3 aliphatic rings. The molecule has 0 fully saturated rings. The average molecular weight is 1560 g/mol. The number of aromatic nitrogens is 12. The number of aliphatic carboxylic acids is 1. The molecule has 9 aromatic rings. The van der Waals surface area contributed by atoms with E-state index in [9.17, 15) is 28.6 Å². The zero-order valence-electron chi connectivity index (χ0n) is 54.9. The fourth-order valence-electron chi connectivity index (χ4n) is 9.67. The second-order valence-electron chi connectivity index (χ2n) is 20.4. The van der Waals surface area contributed by atoms with E-state index in [0.29, 0.717) is 104 Å². The first kappa shape index (κ1) is 85.6. The standard InChI is InChI=1S/C21H25N6O4P.C17H15BrN6O.C17H16N6O2.C4H10O3P.C2H4O2.2CH4.BrH.Na.HP.H/c1-3-30-32(29,31-4-2)14-16-8-5-7-15(11-16)13-26-18(28)12-17-19(22)24-21(25-20(17)26)27-10-6-9-23-27;18-9-11-3-1-4-12(7-11)10-23-14(25)8-13-15(19)21-17(22-16(13)23)24-6-2-5-20-24;18-15-13-8-14(25)22(9-11-3-1-4-12(7-11)10-24)16(13)21-17(20-15)23-6-2-5-19-23;1-3-6-8(5)7-4-2;1-2(3)4;;;;;;/h5-11H,3-4,12-14H2,1-2H3,(H2,22,24,25);1-7H,8-10H2,(H2,19,21,22);1-7,24H,8-10H2,(H2,18,20,21);3-4H2,1-2H3;1H3,(H,3,4);2*1H4;1H;;1H;/q;;;+1;;;;;+1;-2;-1. The normalized spacial score (nSPS) is 12.1. The number of aliphatic hydroxyl groups excluding tert-OH is 1. The van der Waals surface area contributed by atoms with Gasteiger partial charge in [0.1, 0.15) is 48.1 Å². The third-order valence-corrected chi connectivity index (χ3v) is 17.3. The van der Waals surface area contributed by atoms with Crippen LogP contribution < -0.4 is 61.5 Å². The molecule has 36 heteroatoms. The SMILES string of the molecule is Br.C.C.CC(=O)O.CCOP(=O)(Cc1cccc(CN2C(=O)Cc3c(N)nc(-n4cccn4)nc32)c1)OCC.CCO[P+](=O)OCC.Nc1nc(-n2cccn2)nc2c1CC(=O)N2Cc1cccc(CBr)c1.Nc1nc(-n2cccn2)nc2c1CC(=O)N2Cc1cccc(CO)c1.[H-].[Na+].[PH-2]. The molecule has 30 nitrogen and oxygen atoms in total. The Morgan fingerprint density at radius 3 is 1.18 bits per heavy atom. The van der Waals surface area contributed by atoms with Gasteiger partial charge in [-0.25, -0.2) is 14.0 Å². The number of carboxylic acid groups (broad SMARTS) is 1. The van der Waals surface area contributed by atoms with Gasteiger partial charge in [0.05, 0.1) is 64.9 Å². The molecular weight excluding hydrogens is 1480 g/mol. The van der Waals surface area contributed by atoms with Gasteiger partial charge in [-0.2, -0.15) is 45.2 Å². The van der Waals surface area contributed by atoms with E-state index in [1.807, 2.05) is 66.7 Å². The third kappa shape index (κ3) is 23.2. The molecular formula is C63H81Br2N18NaO12P3-. The largest absolute Gasteiger partial charge is 1.51 e. The Labute approximate surface area is 620 Å². The van der Waals surface area contributed by atoms with Crippen LogP contribution in [0, 0.1) is 0 Å². The maximum atomic E-state index is 12.9. The summed E-state index contributed by atoms with van der Waals surface area (Å²) in [6.07, 6.45) is 10.7. The molecule has 0 atom stereocenters. The van der Waals surface area contributed by atoms with Gasteiger partial charge in [0.2, 0.25) is 17.7 Å². The number of aliphatic hydroxyl groups is 1. The van der Waals surface area contributed by atoms with Crippen molar-refractivity contribution in [3.05, 3.63) is 178 Å². The quantitative estimate of drug-likeness (QED) is 0.0263. The monoisotopic (exact) mass is 1560 g/mol. The van der Waals surface area contributed by atoms with Crippen molar-refractivity contribution in [3.8, 4) is 17.8 Å². The number of nitrogens with zero attached hydrogens (tertiary/aromatic N) is 15. The van der Waals surface area contributed by atoms with E-state index in [1.165, 1.54) is 14.0 Å². The number of carbonyl (C=O) groups is 4. The van der Waals surface area contributed by atoms with Crippen LogP contribution in [0.25, 0.3) is 17.8 Å². The van der Waals surface area contributed by atoms with Crippen LogP contribution in [0.1, 0.15) is 101 Å². The number of amides is 3. The van der Waals surface area contributed by atoms with Crippen molar-refractivity contribution in [2.45, 2.75) is 106 Å². The summed E-state index contributed by atoms with van der Waals surface area (Å²) in [6.45, 7) is 10.7. The summed E-state index contributed by atoms with van der Waals surface area (Å²) < 4.78 is 47.7. The molecule has 6 aromatic heterocycles. The van der Waals surface area contributed by atoms with Crippen LogP contribution >= 0.6 is 58.7 Å². The third-order valence-electron chi connectivity index (χ3n) is 13.6. The fourth-order valence-corrected chi connectivity index (χ4v) is 12.2. The summed E-state index contributed by atoms with van der Waals surface area (Å²) in [5.74, 6) is 2.35. The van der Waals surface area contributed by atoms with E-state index < -0.39 is 21.8 Å². The summed E-state index contributed by atoms with van der Waals surface area (Å²) in [7, 11) is -5.06. The minimum Gasteiger partial charge on any atom is -1.51 e. The Bertz CT molecular complexity index is 4000. The van der Waals surface area contributed by atoms with Crippen LogP contribution in [0.15, 0.2) is 128 Å². The Kier molecular flexibility index (Phi) is 35.6. The topological polar surface area (TPSA) is 398 Å². The molecule has 8 N–H and O–H groups in total. The molecule has 526 valence electrons. The molecule has 0 spiro atoms. The van der Waals surface area contributed by atoms with Crippen molar-refractivity contribution in [1.82, 2.24) is 59.2 Å². The van der Waals surface area contributed by atoms with E-state index in [2.05, 4.69) is 76.2 Å². The molecule has 3 aliphatic heterocycles. The molecule has 0 bridgehead atoms. The van der Waals surface area contributed by atoms with Gasteiger partial charge in [-0.3, -0.25) is 38.4 Å². The number of nitrogens with two attached hydrogens (primary N) is 3. The van der Waals surface area contributed by atoms with Gasteiger partial charge >= 0.3 is 45.4 Å². The molecule has 0 saturated carbocycles. The van der Waals surface area contributed by atoms with Gasteiger partial charge in [-0.1, -0.05) is 104 Å². The van der Waals surface area contributed by atoms with Crippen LogP contribution in [0.5, 0.6) is 0 Å². The summed E-state index contributed by atoms with van der Waals surface area (Å²) in [5.41, 5.74) is 25.7. The number of carboxylic acids is 1. The van der Waals surface area contributed by atoms with Crippen LogP contribution in [-0.2, 0) is 103 Å². The van der Waals surface area contributed by atoms with Crippen molar-refractivity contribution >= 4 is 117 Å². The number of nitrogen functional groups attached to an aromatic ring is 3. The number of benzene rings is 3. The van der Waals surface area contributed by atoms with E-state index in [4.69, 9.17) is 36.1 Å². The number of hydrogen-bond acceptors (Lipinski definition) is 23. The van der Waals surface area contributed by atoms with E-state index >= 15 is 0 Å². The predicted molar refractivity (Wildman–Crippen MR) is 385 cm³/mol. The Balaban J connectivity index is 0.000000461. The summed E-state index contributed by atoms with van der Waals surface area (Å²) in [6, 6.07) is 28.4. The smallest absolute Gasteiger partial charge is 1.00 e. The molecule has 9 heterocycles. The van der Waals surface area contributed by atoms with Gasteiger partial charge in [0.25, 0.3) is 23.8 Å². The number of rotatable bonds is 21. The Hall–Kier alpha value is -7.67. The summed E-state index contributed by atoms with van der Waals surface area (Å²) in [4.78, 5) is 78.0. The maximum Gasteiger partial charge on any atom is 1.00 e. The average Bonchev–Trinajstić information content (AvgIpc) is 1.63. The predicted octanol–water partition coefficient (Wildman–Crippen LogP) is 7.52.